The van der Waals surface area contributed by atoms with E-state index in [1.807, 2.05) is 36.0 Å². The number of nitrogens with two attached hydrogens (primary N) is 1. The molecule has 0 saturated heterocycles. The quantitative estimate of drug-likeness (QED) is 0.874. The molecule has 2 rings (SSSR count). The van der Waals surface area contributed by atoms with Gasteiger partial charge >= 0.3 is 0 Å². The largest absolute Gasteiger partial charge is 0.336 e. The molecule has 94 valence electrons. The van der Waals surface area contributed by atoms with E-state index in [2.05, 4.69) is 4.99 Å². The van der Waals surface area contributed by atoms with Crippen LogP contribution in [0.1, 0.15) is 0 Å². The number of sulfonamides is 1. The van der Waals surface area contributed by atoms with E-state index in [0.29, 0.717) is 5.69 Å². The van der Waals surface area contributed by atoms with Crippen LogP contribution in [0.5, 0.6) is 0 Å². The number of hydrogen-bond acceptors (Lipinski definition) is 3. The molecule has 0 aliphatic heterocycles. The zero-order chi connectivity index (χ0) is 13.2. The first-order valence-corrected chi connectivity index (χ1v) is 6.81. The van der Waals surface area contributed by atoms with Gasteiger partial charge in [0.1, 0.15) is 5.49 Å². The van der Waals surface area contributed by atoms with E-state index in [1.165, 1.54) is 12.1 Å². The Kier molecular flexibility index (Phi) is 3.31. The first-order valence-electron chi connectivity index (χ1n) is 5.26. The molecule has 0 unspecified atom stereocenters. The first kappa shape index (κ1) is 12.5. The zero-order valence-corrected chi connectivity index (χ0v) is 10.6. The van der Waals surface area contributed by atoms with E-state index in [9.17, 15) is 8.42 Å². The summed E-state index contributed by atoms with van der Waals surface area (Å²) in [6.45, 7) is 0. The maximum atomic E-state index is 11.1. The van der Waals surface area contributed by atoms with Crippen LogP contribution in [0.3, 0.4) is 0 Å². The monoisotopic (exact) mass is 263 g/mol. The molecule has 2 N–H and O–H groups in total. The van der Waals surface area contributed by atoms with Crippen LogP contribution in [0.15, 0.2) is 58.5 Å². The third-order valence-electron chi connectivity index (χ3n) is 2.44. The number of hydrogen-bond donors (Lipinski definition) is 1. The van der Waals surface area contributed by atoms with Crippen molar-refractivity contribution < 1.29 is 8.42 Å². The lowest BCUT2D eigenvalue weighted by molar-refractivity contribution is 0.598. The molecule has 5 nitrogen and oxygen atoms in total. The predicted molar refractivity (Wildman–Crippen MR) is 68.5 cm³/mol. The van der Waals surface area contributed by atoms with Crippen LogP contribution in [0.25, 0.3) is 0 Å². The van der Waals surface area contributed by atoms with E-state index < -0.39 is 10.0 Å². The molecule has 0 saturated carbocycles. The zero-order valence-electron chi connectivity index (χ0n) is 9.82. The second kappa shape index (κ2) is 4.75. The highest BCUT2D eigenvalue weighted by atomic mass is 32.2. The van der Waals surface area contributed by atoms with Crippen LogP contribution >= 0.6 is 0 Å². The van der Waals surface area contributed by atoms with Crippen LogP contribution in [0.2, 0.25) is 0 Å². The van der Waals surface area contributed by atoms with Gasteiger partial charge in [-0.2, -0.15) is 0 Å². The molecule has 0 aliphatic rings. The Bertz CT molecular complexity index is 715. The molecular weight excluding hydrogens is 250 g/mol. The normalized spacial score (nSPS) is 12.7. The fraction of sp³-hybridized carbons (Fsp3) is 0.0833. The summed E-state index contributed by atoms with van der Waals surface area (Å²) < 4.78 is 24.1. The summed E-state index contributed by atoms with van der Waals surface area (Å²) in [7, 11) is -1.76. The van der Waals surface area contributed by atoms with Crippen molar-refractivity contribution in [2.45, 2.75) is 4.90 Å². The molecule has 0 amide bonds. The fourth-order valence-electron chi connectivity index (χ4n) is 1.47. The lowest BCUT2D eigenvalue weighted by Crippen LogP contribution is -2.15. The number of aryl methyl sites for hydroxylation is 1. The number of primary sulfonamides is 1. The smallest absolute Gasteiger partial charge is 0.238 e. The Hall–Kier alpha value is -1.92. The SMILES string of the molecule is Cn1ccccc1=Nc1ccc(S(N)(=O)=O)cc1. The van der Waals surface area contributed by atoms with Gasteiger partial charge in [0.2, 0.25) is 10.0 Å². The highest BCUT2D eigenvalue weighted by molar-refractivity contribution is 7.89. The van der Waals surface area contributed by atoms with Gasteiger partial charge < -0.3 is 4.57 Å². The van der Waals surface area contributed by atoms with Crippen LogP contribution in [0.4, 0.5) is 5.69 Å². The minimum Gasteiger partial charge on any atom is -0.336 e. The van der Waals surface area contributed by atoms with Gasteiger partial charge in [-0.05, 0) is 36.4 Å². The fourth-order valence-corrected chi connectivity index (χ4v) is 1.99. The lowest BCUT2D eigenvalue weighted by Gasteiger charge is -2.00. The van der Waals surface area contributed by atoms with Crippen molar-refractivity contribution in [2.24, 2.45) is 17.2 Å². The Balaban J connectivity index is 2.44. The van der Waals surface area contributed by atoms with Gasteiger partial charge in [-0.25, -0.2) is 18.5 Å². The summed E-state index contributed by atoms with van der Waals surface area (Å²) in [6.07, 6.45) is 1.89. The summed E-state index contributed by atoms with van der Waals surface area (Å²) in [5, 5.41) is 5.02. The minimum atomic E-state index is -3.65. The van der Waals surface area contributed by atoms with Gasteiger partial charge in [-0.15, -0.1) is 0 Å². The molecule has 6 heteroatoms. The van der Waals surface area contributed by atoms with Crippen LogP contribution < -0.4 is 10.6 Å². The number of benzene rings is 1. The number of nitrogens with zero attached hydrogens (tertiary/aromatic N) is 2. The average molecular weight is 263 g/mol. The van der Waals surface area contributed by atoms with Crippen LogP contribution in [-0.2, 0) is 17.1 Å². The van der Waals surface area contributed by atoms with E-state index in [1.54, 1.807) is 12.1 Å². The second-order valence-corrected chi connectivity index (χ2v) is 5.38. The van der Waals surface area contributed by atoms with Gasteiger partial charge in [-0.3, -0.25) is 0 Å². The summed E-state index contributed by atoms with van der Waals surface area (Å²) in [4.78, 5) is 4.47. The summed E-state index contributed by atoms with van der Waals surface area (Å²) in [5.74, 6) is 0. The van der Waals surface area contributed by atoms with Crippen LogP contribution in [-0.4, -0.2) is 13.0 Å². The molecule has 1 aromatic heterocycles. The van der Waals surface area contributed by atoms with Crippen LogP contribution in [0, 0.1) is 0 Å². The average Bonchev–Trinajstić information content (AvgIpc) is 2.32. The molecule has 0 atom stereocenters. The van der Waals surface area contributed by atoms with Gasteiger partial charge in [0.25, 0.3) is 0 Å². The van der Waals surface area contributed by atoms with Crippen molar-refractivity contribution in [1.82, 2.24) is 4.57 Å². The summed E-state index contributed by atoms with van der Waals surface area (Å²) >= 11 is 0. The van der Waals surface area contributed by atoms with Gasteiger partial charge in [0.05, 0.1) is 10.6 Å². The Labute approximate surface area is 105 Å². The third-order valence-corrected chi connectivity index (χ3v) is 3.37. The van der Waals surface area contributed by atoms with Crippen molar-refractivity contribution in [3.05, 3.63) is 54.1 Å². The third kappa shape index (κ3) is 2.85. The highest BCUT2D eigenvalue weighted by Gasteiger charge is 2.05. The molecule has 0 spiro atoms. The Morgan fingerprint density at radius 1 is 1.11 bits per heavy atom. The molecule has 0 aliphatic carbocycles. The Morgan fingerprint density at radius 2 is 1.78 bits per heavy atom. The number of rotatable bonds is 2. The van der Waals surface area contributed by atoms with E-state index in [0.717, 1.165) is 5.49 Å². The molecule has 1 aromatic carbocycles. The molecule has 18 heavy (non-hydrogen) atoms. The van der Waals surface area contributed by atoms with Gasteiger partial charge in [-0.1, -0.05) is 6.07 Å². The summed E-state index contributed by atoms with van der Waals surface area (Å²) in [5.41, 5.74) is 1.45. The molecular formula is C12H13N3O2S. The topological polar surface area (TPSA) is 77.5 Å². The van der Waals surface area contributed by atoms with Crippen molar-refractivity contribution in [3.8, 4) is 0 Å². The molecule has 0 bridgehead atoms. The molecule has 1 heterocycles. The van der Waals surface area contributed by atoms with Gasteiger partial charge in [0, 0.05) is 13.2 Å². The van der Waals surface area contributed by atoms with Crippen molar-refractivity contribution in [3.63, 3.8) is 0 Å². The van der Waals surface area contributed by atoms with E-state index in [4.69, 9.17) is 5.14 Å². The summed E-state index contributed by atoms with van der Waals surface area (Å²) in [6, 6.07) is 11.8. The standard InChI is InChI=1S/C12H13N3O2S/c1-15-9-3-2-4-12(15)14-10-5-7-11(8-6-10)18(13,16)17/h2-9H,1H3,(H2,13,16,17). The minimum absolute atomic E-state index is 0.0823. The number of aromatic nitrogens is 1. The van der Waals surface area contributed by atoms with E-state index >= 15 is 0 Å². The maximum Gasteiger partial charge on any atom is 0.238 e. The maximum absolute atomic E-state index is 11.1. The number of pyridine rings is 1. The Morgan fingerprint density at radius 3 is 2.33 bits per heavy atom. The molecule has 0 fully saturated rings. The predicted octanol–water partition coefficient (Wildman–Crippen LogP) is 0.905. The lowest BCUT2D eigenvalue weighted by atomic mass is 10.3. The van der Waals surface area contributed by atoms with Crippen molar-refractivity contribution >= 4 is 15.7 Å². The second-order valence-electron chi connectivity index (χ2n) is 3.82. The highest BCUT2D eigenvalue weighted by Crippen LogP contribution is 2.14. The van der Waals surface area contributed by atoms with Crippen molar-refractivity contribution in [1.29, 1.82) is 0 Å². The van der Waals surface area contributed by atoms with Gasteiger partial charge in [0.15, 0.2) is 0 Å². The first-order chi connectivity index (χ1) is 8.47. The molecule has 0 radical (unpaired) electrons. The van der Waals surface area contributed by atoms with E-state index in [-0.39, 0.29) is 4.90 Å². The van der Waals surface area contributed by atoms with Crippen molar-refractivity contribution in [2.75, 3.05) is 0 Å². The molecule has 2 aromatic rings.